The zero-order valence-corrected chi connectivity index (χ0v) is 15.9. The number of rotatable bonds is 6. The normalized spacial score (nSPS) is 11.2. The molecule has 0 fully saturated rings. The van der Waals surface area contributed by atoms with Gasteiger partial charge >= 0.3 is 0 Å². The lowest BCUT2D eigenvalue weighted by Crippen LogP contribution is -2.26. The fourth-order valence-electron chi connectivity index (χ4n) is 3.07. The van der Waals surface area contributed by atoms with Crippen molar-refractivity contribution in [2.24, 2.45) is 0 Å². The molecule has 0 bridgehead atoms. The van der Waals surface area contributed by atoms with Gasteiger partial charge in [0.15, 0.2) is 11.5 Å². The molecule has 7 heteroatoms. The van der Waals surface area contributed by atoms with E-state index in [1.54, 1.807) is 18.7 Å². The quantitative estimate of drug-likeness (QED) is 0.562. The molecule has 0 aliphatic heterocycles. The minimum Gasteiger partial charge on any atom is -0.350 e. The van der Waals surface area contributed by atoms with E-state index in [1.807, 2.05) is 51.7 Å². The Balaban J connectivity index is 1.59. The van der Waals surface area contributed by atoms with E-state index in [2.05, 4.69) is 34.1 Å². The Kier molecular flexibility index (Phi) is 4.89. The molecule has 28 heavy (non-hydrogen) atoms. The lowest BCUT2D eigenvalue weighted by atomic mass is 10.2. The van der Waals surface area contributed by atoms with E-state index in [-0.39, 0.29) is 5.91 Å². The monoisotopic (exact) mass is 374 g/mol. The minimum absolute atomic E-state index is 0.192. The third-order valence-corrected chi connectivity index (χ3v) is 4.61. The van der Waals surface area contributed by atoms with Crippen LogP contribution < -0.4 is 5.32 Å². The number of hydrogen-bond acceptors (Lipinski definition) is 4. The number of carbonyl (C=O) groups excluding carboxylic acids is 1. The largest absolute Gasteiger partial charge is 0.350 e. The van der Waals surface area contributed by atoms with Crippen molar-refractivity contribution < 1.29 is 4.79 Å². The van der Waals surface area contributed by atoms with Crippen molar-refractivity contribution in [2.45, 2.75) is 26.3 Å². The molecule has 4 heterocycles. The lowest BCUT2D eigenvalue weighted by molar-refractivity contribution is 0.0951. The van der Waals surface area contributed by atoms with Crippen molar-refractivity contribution in [2.75, 3.05) is 6.54 Å². The van der Waals surface area contributed by atoms with Gasteiger partial charge in [-0.2, -0.15) is 0 Å². The van der Waals surface area contributed by atoms with Crippen LogP contribution in [0.2, 0.25) is 0 Å². The Labute approximate surface area is 163 Å². The molecule has 0 saturated heterocycles. The maximum Gasteiger partial charge on any atom is 0.272 e. The third kappa shape index (κ3) is 3.51. The Morgan fingerprint density at radius 3 is 2.86 bits per heavy atom. The van der Waals surface area contributed by atoms with Crippen LogP contribution in [0.5, 0.6) is 0 Å². The highest BCUT2D eigenvalue weighted by Gasteiger charge is 2.19. The first-order valence-corrected chi connectivity index (χ1v) is 9.31. The molecule has 0 spiro atoms. The number of nitrogens with one attached hydrogen (secondary N) is 1. The van der Waals surface area contributed by atoms with Gasteiger partial charge in [0.05, 0.1) is 11.8 Å². The minimum atomic E-state index is -0.192. The molecular formula is C21H22N6O. The number of imidazole rings is 2. The van der Waals surface area contributed by atoms with E-state index >= 15 is 0 Å². The van der Waals surface area contributed by atoms with Crippen LogP contribution in [0.15, 0.2) is 61.4 Å². The van der Waals surface area contributed by atoms with Crippen LogP contribution in [0.3, 0.4) is 0 Å². The maximum atomic E-state index is 12.8. The Morgan fingerprint density at radius 2 is 2.11 bits per heavy atom. The Hall–Kier alpha value is -3.48. The van der Waals surface area contributed by atoms with Crippen LogP contribution in [-0.2, 0) is 6.42 Å². The van der Waals surface area contributed by atoms with Crippen molar-refractivity contribution >= 4 is 11.4 Å². The number of fused-ring (bicyclic) bond motifs is 1. The third-order valence-electron chi connectivity index (χ3n) is 4.61. The van der Waals surface area contributed by atoms with E-state index in [1.165, 1.54) is 0 Å². The predicted molar refractivity (Wildman–Crippen MR) is 107 cm³/mol. The molecule has 142 valence electrons. The summed E-state index contributed by atoms with van der Waals surface area (Å²) >= 11 is 0. The Morgan fingerprint density at radius 1 is 1.21 bits per heavy atom. The molecular weight excluding hydrogens is 352 g/mol. The molecule has 0 unspecified atom stereocenters. The van der Waals surface area contributed by atoms with Crippen LogP contribution >= 0.6 is 0 Å². The second-order valence-corrected chi connectivity index (χ2v) is 6.91. The highest BCUT2D eigenvalue weighted by atomic mass is 16.1. The molecule has 7 nitrogen and oxygen atoms in total. The van der Waals surface area contributed by atoms with Gasteiger partial charge in [0, 0.05) is 37.4 Å². The van der Waals surface area contributed by atoms with Crippen molar-refractivity contribution in [3.63, 3.8) is 0 Å². The summed E-state index contributed by atoms with van der Waals surface area (Å²) in [6, 6.07) is 9.91. The highest BCUT2D eigenvalue weighted by Crippen LogP contribution is 2.22. The number of amides is 1. The van der Waals surface area contributed by atoms with Gasteiger partial charge in [0.1, 0.15) is 5.69 Å². The zero-order chi connectivity index (χ0) is 19.5. The van der Waals surface area contributed by atoms with Crippen LogP contribution in [0, 0.1) is 0 Å². The van der Waals surface area contributed by atoms with Gasteiger partial charge in [-0.25, -0.2) is 9.97 Å². The van der Waals surface area contributed by atoms with Gasteiger partial charge in [0.2, 0.25) is 0 Å². The maximum absolute atomic E-state index is 12.8. The summed E-state index contributed by atoms with van der Waals surface area (Å²) in [5.41, 5.74) is 2.98. The van der Waals surface area contributed by atoms with Crippen molar-refractivity contribution in [1.82, 2.24) is 29.2 Å². The first-order valence-electron chi connectivity index (χ1n) is 9.31. The average molecular weight is 374 g/mol. The van der Waals surface area contributed by atoms with E-state index in [0.717, 1.165) is 23.2 Å². The Bertz CT molecular complexity index is 1100. The van der Waals surface area contributed by atoms with Crippen LogP contribution in [0.1, 0.15) is 35.9 Å². The SMILES string of the molecule is CC(C)n1cnc(-c2nc(C(=O)NCCc3cccnc3)c3ccccn23)c1. The smallest absolute Gasteiger partial charge is 0.272 e. The fourth-order valence-corrected chi connectivity index (χ4v) is 3.07. The molecule has 0 atom stereocenters. The van der Waals surface area contributed by atoms with Gasteiger partial charge in [-0.3, -0.25) is 14.2 Å². The van der Waals surface area contributed by atoms with Gasteiger partial charge in [-0.15, -0.1) is 0 Å². The van der Waals surface area contributed by atoms with Crippen molar-refractivity contribution in [1.29, 1.82) is 0 Å². The molecule has 1 N–H and O–H groups in total. The molecule has 4 rings (SSSR count). The average Bonchev–Trinajstić information content (AvgIpc) is 3.34. The first-order chi connectivity index (χ1) is 13.6. The van der Waals surface area contributed by atoms with E-state index in [0.29, 0.717) is 24.1 Å². The van der Waals surface area contributed by atoms with E-state index < -0.39 is 0 Å². The standard InChI is InChI=1S/C21H22N6O/c1-15(2)26-13-17(24-14-26)20-25-19(18-7-3-4-11-27(18)20)21(28)23-10-8-16-6-5-9-22-12-16/h3-7,9,11-15H,8,10H2,1-2H3,(H,23,28). The summed E-state index contributed by atoms with van der Waals surface area (Å²) in [4.78, 5) is 26.0. The summed E-state index contributed by atoms with van der Waals surface area (Å²) in [5, 5.41) is 2.96. The van der Waals surface area contributed by atoms with Gasteiger partial charge in [0.25, 0.3) is 5.91 Å². The molecule has 4 aromatic rings. The zero-order valence-electron chi connectivity index (χ0n) is 15.9. The number of aromatic nitrogens is 5. The molecule has 0 aliphatic rings. The summed E-state index contributed by atoms with van der Waals surface area (Å²) in [7, 11) is 0. The molecule has 0 radical (unpaired) electrons. The summed E-state index contributed by atoms with van der Waals surface area (Å²) in [6.45, 7) is 4.71. The van der Waals surface area contributed by atoms with Crippen LogP contribution in [-0.4, -0.2) is 36.4 Å². The van der Waals surface area contributed by atoms with Crippen LogP contribution in [0.25, 0.3) is 17.0 Å². The number of carbonyl (C=O) groups is 1. The van der Waals surface area contributed by atoms with Gasteiger partial charge in [-0.05, 0) is 44.0 Å². The molecule has 1 amide bonds. The second kappa shape index (κ2) is 7.64. The second-order valence-electron chi connectivity index (χ2n) is 6.91. The van der Waals surface area contributed by atoms with E-state index in [4.69, 9.17) is 0 Å². The summed E-state index contributed by atoms with van der Waals surface area (Å²) in [6.07, 6.45) is 9.91. The topological polar surface area (TPSA) is 77.1 Å². The molecule has 0 aliphatic carbocycles. The summed E-state index contributed by atoms with van der Waals surface area (Å²) < 4.78 is 3.93. The number of nitrogens with zero attached hydrogens (tertiary/aromatic N) is 5. The van der Waals surface area contributed by atoms with Gasteiger partial charge < -0.3 is 9.88 Å². The lowest BCUT2D eigenvalue weighted by Gasteiger charge is -2.03. The molecule has 4 aromatic heterocycles. The first kappa shape index (κ1) is 17.9. The number of pyridine rings is 2. The van der Waals surface area contributed by atoms with Crippen molar-refractivity contribution in [3.05, 3.63) is 72.7 Å². The van der Waals surface area contributed by atoms with E-state index in [9.17, 15) is 4.79 Å². The van der Waals surface area contributed by atoms with Gasteiger partial charge in [-0.1, -0.05) is 12.1 Å². The number of hydrogen-bond donors (Lipinski definition) is 1. The van der Waals surface area contributed by atoms with Crippen LogP contribution in [0.4, 0.5) is 0 Å². The molecule has 0 aromatic carbocycles. The highest BCUT2D eigenvalue weighted by molar-refractivity contribution is 5.99. The summed E-state index contributed by atoms with van der Waals surface area (Å²) in [5.74, 6) is 0.467. The fraction of sp³-hybridized carbons (Fsp3) is 0.238. The molecule has 0 saturated carbocycles. The predicted octanol–water partition coefficient (Wildman–Crippen LogP) is 3.15. The van der Waals surface area contributed by atoms with Crippen molar-refractivity contribution in [3.8, 4) is 11.5 Å².